The van der Waals surface area contributed by atoms with Gasteiger partial charge in [0.1, 0.15) is 5.52 Å². The van der Waals surface area contributed by atoms with Gasteiger partial charge in [-0.1, -0.05) is 55.2 Å². The van der Waals surface area contributed by atoms with Gasteiger partial charge in [-0.15, -0.1) is 5.10 Å². The normalized spacial score (nSPS) is 15.8. The summed E-state index contributed by atoms with van der Waals surface area (Å²) in [5.74, 6) is 0.802. The molecule has 1 aliphatic rings. The van der Waals surface area contributed by atoms with E-state index in [4.69, 9.17) is 9.97 Å². The molecule has 1 aliphatic carbocycles. The Hall–Kier alpha value is -3.02. The van der Waals surface area contributed by atoms with Gasteiger partial charge in [0.25, 0.3) is 0 Å². The summed E-state index contributed by atoms with van der Waals surface area (Å²) in [4.78, 5) is 10.00. The summed E-state index contributed by atoms with van der Waals surface area (Å²) in [6.07, 6.45) is 4.53. The number of para-hydroxylation sites is 1. The molecule has 0 unspecified atom stereocenters. The van der Waals surface area contributed by atoms with Gasteiger partial charge in [0.15, 0.2) is 13.1 Å². The minimum Gasteiger partial charge on any atom is -0.268 e. The molecule has 0 saturated heterocycles. The SMILES string of the molecule is C[B]c1cccc(C2(c3cccc(-n4nnc5ccccc54)n3)CCCC2)n1. The van der Waals surface area contributed by atoms with E-state index in [9.17, 15) is 0 Å². The fourth-order valence-electron chi connectivity index (χ4n) is 4.35. The molecule has 1 aromatic carbocycles. The van der Waals surface area contributed by atoms with Gasteiger partial charge < -0.3 is 0 Å². The first kappa shape index (κ1) is 17.1. The lowest BCUT2D eigenvalue weighted by Crippen LogP contribution is -2.30. The minimum atomic E-state index is -0.134. The topological polar surface area (TPSA) is 56.5 Å². The first-order valence-electron chi connectivity index (χ1n) is 9.85. The molecule has 28 heavy (non-hydrogen) atoms. The summed E-state index contributed by atoms with van der Waals surface area (Å²) in [5.41, 5.74) is 4.91. The number of pyridine rings is 2. The molecule has 1 saturated carbocycles. The Kier molecular flexibility index (Phi) is 4.19. The van der Waals surface area contributed by atoms with Crippen LogP contribution in [0.1, 0.15) is 37.1 Å². The maximum absolute atomic E-state index is 5.06. The van der Waals surface area contributed by atoms with Crippen LogP contribution >= 0.6 is 0 Å². The molecule has 5 rings (SSSR count). The fraction of sp³-hybridized carbons (Fsp3) is 0.273. The molecule has 6 heteroatoms. The molecule has 4 aromatic rings. The Balaban J connectivity index is 1.64. The highest BCUT2D eigenvalue weighted by Crippen LogP contribution is 2.44. The van der Waals surface area contributed by atoms with Crippen LogP contribution in [0.15, 0.2) is 60.7 Å². The molecule has 0 aliphatic heterocycles. The van der Waals surface area contributed by atoms with Crippen LogP contribution in [0.3, 0.4) is 0 Å². The third kappa shape index (κ3) is 2.71. The second-order valence-corrected chi connectivity index (χ2v) is 7.40. The number of aromatic nitrogens is 5. The summed E-state index contributed by atoms with van der Waals surface area (Å²) in [6, 6.07) is 20.5. The third-order valence-electron chi connectivity index (χ3n) is 5.81. The van der Waals surface area contributed by atoms with Gasteiger partial charge in [-0.05, 0) is 48.8 Å². The number of hydrogen-bond donors (Lipinski definition) is 0. The van der Waals surface area contributed by atoms with Crippen molar-refractivity contribution in [3.8, 4) is 5.82 Å². The van der Waals surface area contributed by atoms with Gasteiger partial charge in [-0.2, -0.15) is 4.68 Å². The van der Waals surface area contributed by atoms with Gasteiger partial charge >= 0.3 is 0 Å². The zero-order chi connectivity index (χ0) is 19.0. The molecule has 3 aromatic heterocycles. The Morgan fingerprint density at radius 1 is 0.857 bits per heavy atom. The Bertz CT molecular complexity index is 1130. The van der Waals surface area contributed by atoms with Crippen molar-refractivity contribution in [2.75, 3.05) is 0 Å². The van der Waals surface area contributed by atoms with E-state index in [1.54, 1.807) is 0 Å². The van der Waals surface area contributed by atoms with Crippen molar-refractivity contribution in [1.29, 1.82) is 0 Å². The van der Waals surface area contributed by atoms with Crippen molar-refractivity contribution in [2.45, 2.75) is 37.9 Å². The van der Waals surface area contributed by atoms with E-state index in [1.807, 2.05) is 41.8 Å². The average Bonchev–Trinajstić information content (AvgIpc) is 3.42. The van der Waals surface area contributed by atoms with Gasteiger partial charge in [-0.25, -0.2) is 4.98 Å². The van der Waals surface area contributed by atoms with Crippen LogP contribution in [0.4, 0.5) is 0 Å². The average molecular weight is 366 g/mol. The molecule has 3 heterocycles. The van der Waals surface area contributed by atoms with Crippen molar-refractivity contribution in [3.63, 3.8) is 0 Å². The van der Waals surface area contributed by atoms with Crippen LogP contribution in [0.2, 0.25) is 6.82 Å². The highest BCUT2D eigenvalue weighted by Gasteiger charge is 2.40. The Morgan fingerprint density at radius 3 is 2.43 bits per heavy atom. The molecule has 1 radical (unpaired) electrons. The highest BCUT2D eigenvalue weighted by molar-refractivity contribution is 6.50. The maximum Gasteiger partial charge on any atom is 0.174 e. The number of fused-ring (bicyclic) bond motifs is 1. The predicted octanol–water partition coefficient (Wildman–Crippen LogP) is 3.45. The van der Waals surface area contributed by atoms with E-state index < -0.39 is 0 Å². The summed E-state index contributed by atoms with van der Waals surface area (Å²) >= 11 is 0. The highest BCUT2D eigenvalue weighted by atomic mass is 15.4. The second kappa shape index (κ2) is 6.86. The minimum absolute atomic E-state index is 0.134. The summed E-state index contributed by atoms with van der Waals surface area (Å²) < 4.78 is 1.82. The smallest absolute Gasteiger partial charge is 0.174 e. The Morgan fingerprint density at radius 2 is 1.61 bits per heavy atom. The summed E-state index contributed by atoms with van der Waals surface area (Å²) in [7, 11) is 2.05. The number of hydrogen-bond acceptors (Lipinski definition) is 4. The van der Waals surface area contributed by atoms with Crippen LogP contribution in [-0.4, -0.2) is 32.2 Å². The first-order valence-corrected chi connectivity index (χ1v) is 9.85. The predicted molar refractivity (Wildman–Crippen MR) is 111 cm³/mol. The third-order valence-corrected chi connectivity index (χ3v) is 5.81. The van der Waals surface area contributed by atoms with Crippen molar-refractivity contribution in [1.82, 2.24) is 25.0 Å². The summed E-state index contributed by atoms with van der Waals surface area (Å²) in [6.45, 7) is 2.03. The molecular weight excluding hydrogens is 345 g/mol. The van der Waals surface area contributed by atoms with E-state index in [-0.39, 0.29) is 5.41 Å². The molecule has 0 bridgehead atoms. The zero-order valence-corrected chi connectivity index (χ0v) is 15.9. The van der Waals surface area contributed by atoms with Gasteiger partial charge in [-0.3, -0.25) is 4.98 Å². The molecule has 0 atom stereocenters. The molecule has 5 nitrogen and oxygen atoms in total. The monoisotopic (exact) mass is 366 g/mol. The van der Waals surface area contributed by atoms with Crippen LogP contribution < -0.4 is 5.59 Å². The van der Waals surface area contributed by atoms with E-state index in [1.165, 1.54) is 12.8 Å². The fourth-order valence-corrected chi connectivity index (χ4v) is 4.35. The van der Waals surface area contributed by atoms with Gasteiger partial charge in [0, 0.05) is 0 Å². The molecule has 0 spiro atoms. The quantitative estimate of drug-likeness (QED) is 0.519. The van der Waals surface area contributed by atoms with E-state index in [2.05, 4.69) is 47.9 Å². The van der Waals surface area contributed by atoms with Crippen molar-refractivity contribution in [3.05, 3.63) is 72.1 Å². The second-order valence-electron chi connectivity index (χ2n) is 7.40. The number of benzene rings is 1. The molecule has 0 N–H and O–H groups in total. The Labute approximate surface area is 165 Å². The zero-order valence-electron chi connectivity index (χ0n) is 15.9. The van der Waals surface area contributed by atoms with Gasteiger partial charge in [0.05, 0.1) is 22.3 Å². The lowest BCUT2D eigenvalue weighted by Gasteiger charge is -2.28. The van der Waals surface area contributed by atoms with Crippen LogP contribution in [-0.2, 0) is 5.41 Å². The number of nitrogens with zero attached hydrogens (tertiary/aromatic N) is 5. The number of rotatable bonds is 4. The summed E-state index contributed by atoms with van der Waals surface area (Å²) in [5, 5.41) is 8.62. The van der Waals surface area contributed by atoms with Crippen molar-refractivity contribution >= 4 is 23.9 Å². The standard InChI is InChI=1S/C22H21BN5/c1-23-20-12-6-10-18(24-20)22(14-4-5-15-22)19-11-7-13-21(25-19)28-17-9-3-2-8-16(17)26-27-28/h2-3,6-13H,4-5,14-15H2,1H3. The lowest BCUT2D eigenvalue weighted by molar-refractivity contribution is 0.502. The van der Waals surface area contributed by atoms with E-state index in [0.717, 1.165) is 46.7 Å². The molecule has 137 valence electrons. The van der Waals surface area contributed by atoms with Crippen LogP contribution in [0.5, 0.6) is 0 Å². The molecule has 0 amide bonds. The van der Waals surface area contributed by atoms with Crippen molar-refractivity contribution < 1.29 is 0 Å². The van der Waals surface area contributed by atoms with E-state index >= 15 is 0 Å². The molecule has 1 fully saturated rings. The van der Waals surface area contributed by atoms with E-state index in [0.29, 0.717) is 0 Å². The molecular formula is C22H21BN5. The largest absolute Gasteiger partial charge is 0.268 e. The maximum atomic E-state index is 5.06. The first-order chi connectivity index (χ1) is 13.8. The van der Waals surface area contributed by atoms with Crippen molar-refractivity contribution in [2.24, 2.45) is 0 Å². The lowest BCUT2D eigenvalue weighted by atomic mass is 9.75. The van der Waals surface area contributed by atoms with Crippen LogP contribution in [0, 0.1) is 0 Å². The van der Waals surface area contributed by atoms with Gasteiger partial charge in [0.2, 0.25) is 0 Å². The van der Waals surface area contributed by atoms with Crippen LogP contribution in [0.25, 0.3) is 16.9 Å².